The minimum atomic E-state index is -1.15. The number of hydrogen-bond donors (Lipinski definition) is 2. The molecule has 0 bridgehead atoms. The van der Waals surface area contributed by atoms with Gasteiger partial charge in [-0.1, -0.05) is 35.5 Å². The van der Waals surface area contributed by atoms with E-state index >= 15 is 0 Å². The number of amides is 2. The van der Waals surface area contributed by atoms with Gasteiger partial charge in [0.15, 0.2) is 0 Å². The number of carboxylic acid groups (broad SMARTS) is 1. The predicted molar refractivity (Wildman–Crippen MR) is 71.2 cm³/mol. The summed E-state index contributed by atoms with van der Waals surface area (Å²) in [6, 6.07) is 7.85. The minimum absolute atomic E-state index is 0.144. The van der Waals surface area contributed by atoms with Crippen molar-refractivity contribution in [2.24, 2.45) is 5.16 Å². The number of β-lactam (4-membered cyclic amide) rings is 1. The Morgan fingerprint density at radius 1 is 1.50 bits per heavy atom. The first-order valence-corrected chi connectivity index (χ1v) is 6.04. The molecular weight excluding hydrogens is 262 g/mol. The monoisotopic (exact) mass is 277 g/mol. The number of nitrogens with zero attached hydrogens (tertiary/aromatic N) is 2. The highest BCUT2D eigenvalue weighted by molar-refractivity contribution is 5.98. The molecule has 0 spiro atoms. The molecule has 0 aromatic heterocycles. The first kappa shape index (κ1) is 13.9. The summed E-state index contributed by atoms with van der Waals surface area (Å²) in [6.45, 7) is 0.144. The molecule has 7 heteroatoms. The number of nitrogens with one attached hydrogen (secondary N) is 1. The van der Waals surface area contributed by atoms with E-state index in [0.29, 0.717) is 0 Å². The van der Waals surface area contributed by atoms with Gasteiger partial charge in [0.05, 0.1) is 12.3 Å². The molecular formula is C13H15N3O4. The molecule has 1 aliphatic rings. The SMILES string of the molecule is CON=C[C@H]1NC(=O)[C@H]1N(Cc1ccccc1)C(=O)O. The quantitative estimate of drug-likeness (QED) is 0.470. The second-order valence-corrected chi connectivity index (χ2v) is 4.31. The van der Waals surface area contributed by atoms with Crippen molar-refractivity contribution in [1.29, 1.82) is 0 Å². The Morgan fingerprint density at radius 3 is 2.75 bits per heavy atom. The summed E-state index contributed by atoms with van der Waals surface area (Å²) in [5.41, 5.74) is 0.817. The number of carbonyl (C=O) groups is 2. The molecule has 2 amide bonds. The maximum atomic E-state index is 11.6. The van der Waals surface area contributed by atoms with Gasteiger partial charge in [-0.25, -0.2) is 4.79 Å². The summed E-state index contributed by atoms with van der Waals surface area (Å²) in [4.78, 5) is 28.6. The molecule has 0 radical (unpaired) electrons. The van der Waals surface area contributed by atoms with Crippen LogP contribution in [0.15, 0.2) is 35.5 Å². The fourth-order valence-corrected chi connectivity index (χ4v) is 2.04. The van der Waals surface area contributed by atoms with Crippen molar-refractivity contribution in [1.82, 2.24) is 10.2 Å². The zero-order valence-corrected chi connectivity index (χ0v) is 10.9. The van der Waals surface area contributed by atoms with E-state index in [2.05, 4.69) is 15.3 Å². The largest absolute Gasteiger partial charge is 0.465 e. The molecule has 2 rings (SSSR count). The zero-order valence-electron chi connectivity index (χ0n) is 10.9. The third-order valence-corrected chi connectivity index (χ3v) is 3.02. The fourth-order valence-electron chi connectivity index (χ4n) is 2.04. The number of carbonyl (C=O) groups excluding carboxylic acids is 1. The summed E-state index contributed by atoms with van der Waals surface area (Å²) in [6.07, 6.45) is 0.233. The fraction of sp³-hybridized carbons (Fsp3) is 0.308. The van der Waals surface area contributed by atoms with Gasteiger partial charge in [-0.2, -0.15) is 0 Å². The second kappa shape index (κ2) is 6.05. The van der Waals surface area contributed by atoms with Crippen LogP contribution in [-0.2, 0) is 16.2 Å². The molecule has 0 unspecified atom stereocenters. The van der Waals surface area contributed by atoms with E-state index in [9.17, 15) is 14.7 Å². The molecule has 1 fully saturated rings. The van der Waals surface area contributed by atoms with Crippen LogP contribution in [0.5, 0.6) is 0 Å². The average molecular weight is 277 g/mol. The van der Waals surface area contributed by atoms with Crippen LogP contribution < -0.4 is 5.32 Å². The first-order chi connectivity index (χ1) is 9.63. The van der Waals surface area contributed by atoms with Crippen molar-refractivity contribution in [2.45, 2.75) is 18.6 Å². The molecule has 2 N–H and O–H groups in total. The van der Waals surface area contributed by atoms with Crippen LogP contribution in [0.1, 0.15) is 5.56 Å². The summed E-state index contributed by atoms with van der Waals surface area (Å²) in [5, 5.41) is 15.4. The Hall–Kier alpha value is -2.57. The molecule has 1 heterocycles. The van der Waals surface area contributed by atoms with E-state index < -0.39 is 18.2 Å². The van der Waals surface area contributed by atoms with Gasteiger partial charge in [0.1, 0.15) is 13.2 Å². The van der Waals surface area contributed by atoms with Crippen molar-refractivity contribution >= 4 is 18.2 Å². The number of hydrogen-bond acceptors (Lipinski definition) is 4. The van der Waals surface area contributed by atoms with Crippen LogP contribution in [0.2, 0.25) is 0 Å². The minimum Gasteiger partial charge on any atom is -0.465 e. The molecule has 1 aliphatic heterocycles. The van der Waals surface area contributed by atoms with Gasteiger partial charge >= 0.3 is 6.09 Å². The highest BCUT2D eigenvalue weighted by Crippen LogP contribution is 2.17. The van der Waals surface area contributed by atoms with Crippen molar-refractivity contribution < 1.29 is 19.5 Å². The zero-order chi connectivity index (χ0) is 14.5. The van der Waals surface area contributed by atoms with Gasteiger partial charge in [-0.15, -0.1) is 0 Å². The predicted octanol–water partition coefficient (Wildman–Crippen LogP) is 0.666. The lowest BCUT2D eigenvalue weighted by Gasteiger charge is -2.40. The molecule has 0 aliphatic carbocycles. The molecule has 2 atom stereocenters. The summed E-state index contributed by atoms with van der Waals surface area (Å²) < 4.78 is 0. The molecule has 20 heavy (non-hydrogen) atoms. The van der Waals surface area contributed by atoms with Crippen molar-refractivity contribution in [3.8, 4) is 0 Å². The van der Waals surface area contributed by atoms with E-state index in [4.69, 9.17) is 0 Å². The molecule has 7 nitrogen and oxygen atoms in total. The smallest absolute Gasteiger partial charge is 0.408 e. The average Bonchev–Trinajstić information content (AvgIpc) is 2.43. The number of rotatable bonds is 5. The number of benzene rings is 1. The molecule has 0 saturated carbocycles. The topological polar surface area (TPSA) is 91.2 Å². The van der Waals surface area contributed by atoms with Crippen LogP contribution in [0.3, 0.4) is 0 Å². The van der Waals surface area contributed by atoms with Crippen LogP contribution >= 0.6 is 0 Å². The van der Waals surface area contributed by atoms with E-state index in [1.54, 1.807) is 0 Å². The highest BCUT2D eigenvalue weighted by atomic mass is 16.6. The van der Waals surface area contributed by atoms with Gasteiger partial charge in [0.25, 0.3) is 0 Å². The van der Waals surface area contributed by atoms with Gasteiger partial charge < -0.3 is 15.3 Å². The highest BCUT2D eigenvalue weighted by Gasteiger charge is 2.45. The lowest BCUT2D eigenvalue weighted by Crippen LogP contribution is -2.70. The molecule has 1 saturated heterocycles. The summed E-state index contributed by atoms with van der Waals surface area (Å²) >= 11 is 0. The van der Waals surface area contributed by atoms with Crippen LogP contribution in [0.25, 0.3) is 0 Å². The first-order valence-electron chi connectivity index (χ1n) is 6.04. The Morgan fingerprint density at radius 2 is 2.20 bits per heavy atom. The second-order valence-electron chi connectivity index (χ2n) is 4.31. The van der Waals surface area contributed by atoms with E-state index in [1.165, 1.54) is 13.3 Å². The van der Waals surface area contributed by atoms with E-state index in [-0.39, 0.29) is 12.5 Å². The van der Waals surface area contributed by atoms with Gasteiger partial charge in [0, 0.05) is 6.54 Å². The van der Waals surface area contributed by atoms with Crippen molar-refractivity contribution in [2.75, 3.05) is 7.11 Å². The number of oxime groups is 1. The Balaban J connectivity index is 2.14. The maximum Gasteiger partial charge on any atom is 0.408 e. The van der Waals surface area contributed by atoms with Crippen LogP contribution in [-0.4, -0.2) is 47.4 Å². The standard InChI is InChI=1S/C13H15N3O4/c1-20-14-7-10-11(12(17)15-10)16(13(18)19)8-9-5-3-2-4-6-9/h2-7,10-11H,8H2,1H3,(H,15,17)(H,18,19)/t10-,11+/m1/s1. The van der Waals surface area contributed by atoms with Gasteiger partial charge in [-0.3, -0.25) is 9.69 Å². The normalized spacial score (nSPS) is 21.1. The Labute approximate surface area is 115 Å². The lowest BCUT2D eigenvalue weighted by atomic mass is 9.98. The third kappa shape index (κ3) is 2.87. The molecule has 1 aromatic carbocycles. The maximum absolute atomic E-state index is 11.6. The van der Waals surface area contributed by atoms with E-state index in [1.807, 2.05) is 30.3 Å². The Kier molecular flexibility index (Phi) is 4.19. The van der Waals surface area contributed by atoms with Crippen molar-refractivity contribution in [3.63, 3.8) is 0 Å². The van der Waals surface area contributed by atoms with Crippen LogP contribution in [0, 0.1) is 0 Å². The molecule has 1 aromatic rings. The van der Waals surface area contributed by atoms with Gasteiger partial charge in [0.2, 0.25) is 5.91 Å². The Bertz CT molecular complexity index is 518. The third-order valence-electron chi connectivity index (χ3n) is 3.02. The molecule has 106 valence electrons. The lowest BCUT2D eigenvalue weighted by molar-refractivity contribution is -0.134. The van der Waals surface area contributed by atoms with Crippen LogP contribution in [0.4, 0.5) is 4.79 Å². The summed E-state index contributed by atoms with van der Waals surface area (Å²) in [5.74, 6) is -0.337. The van der Waals surface area contributed by atoms with E-state index in [0.717, 1.165) is 10.5 Å². The van der Waals surface area contributed by atoms with Crippen molar-refractivity contribution in [3.05, 3.63) is 35.9 Å². The summed E-state index contributed by atoms with van der Waals surface area (Å²) in [7, 11) is 1.38. The van der Waals surface area contributed by atoms with Gasteiger partial charge in [-0.05, 0) is 5.56 Å².